The van der Waals surface area contributed by atoms with E-state index < -0.39 is 5.97 Å². The summed E-state index contributed by atoms with van der Waals surface area (Å²) in [4.78, 5) is 30.8. The molecule has 168 valence electrons. The van der Waals surface area contributed by atoms with Gasteiger partial charge in [0.25, 0.3) is 0 Å². The lowest BCUT2D eigenvalue weighted by atomic mass is 10.1. The van der Waals surface area contributed by atoms with Gasteiger partial charge in [0.1, 0.15) is 6.61 Å². The van der Waals surface area contributed by atoms with Crippen molar-refractivity contribution in [3.8, 4) is 11.5 Å². The predicted molar refractivity (Wildman–Crippen MR) is 124 cm³/mol. The highest BCUT2D eigenvalue weighted by atomic mass is 32.1. The number of aromatic nitrogens is 1. The molecule has 0 N–H and O–H groups in total. The summed E-state index contributed by atoms with van der Waals surface area (Å²) in [5, 5.41) is 2.30. The number of amides is 1. The van der Waals surface area contributed by atoms with E-state index in [-0.39, 0.29) is 12.5 Å². The maximum atomic E-state index is 12.5. The van der Waals surface area contributed by atoms with Crippen molar-refractivity contribution in [2.75, 3.05) is 18.6 Å². The summed E-state index contributed by atoms with van der Waals surface area (Å²) >= 11 is 1.32. The minimum atomic E-state index is -0.500. The number of ether oxygens (including phenoxy) is 3. The third-order valence-electron chi connectivity index (χ3n) is 4.70. The molecule has 8 heteroatoms. The minimum absolute atomic E-state index is 0.00855. The molecule has 1 amide bonds. The van der Waals surface area contributed by atoms with Gasteiger partial charge in [-0.1, -0.05) is 19.1 Å². The van der Waals surface area contributed by atoms with Gasteiger partial charge < -0.3 is 14.2 Å². The number of carbonyl (C=O) groups is 2. The first-order valence-electron chi connectivity index (χ1n) is 10.3. The van der Waals surface area contributed by atoms with Crippen LogP contribution in [0.2, 0.25) is 0 Å². The van der Waals surface area contributed by atoms with E-state index in [9.17, 15) is 9.59 Å². The van der Waals surface area contributed by atoms with Crippen molar-refractivity contribution in [3.05, 3.63) is 64.7 Å². The van der Waals surface area contributed by atoms with Gasteiger partial charge in [0.05, 0.1) is 30.7 Å². The van der Waals surface area contributed by atoms with Gasteiger partial charge in [0.15, 0.2) is 16.6 Å². The molecule has 1 heterocycles. The standard InChI is InChI=1S/C24H26N2O5S/c1-5-17-7-10-20(11-8-17)26(16(3)27)24-25-19(15-32-24)14-31-23(28)18-9-12-21(30-6-2)22(13-18)29-4/h7-13,15H,5-6,14H2,1-4H3. The first kappa shape index (κ1) is 23.3. The highest BCUT2D eigenvalue weighted by Crippen LogP contribution is 2.30. The molecule has 0 unspecified atom stereocenters. The van der Waals surface area contributed by atoms with Crippen LogP contribution in [0.25, 0.3) is 0 Å². The van der Waals surface area contributed by atoms with Crippen LogP contribution in [0, 0.1) is 0 Å². The smallest absolute Gasteiger partial charge is 0.338 e. The van der Waals surface area contributed by atoms with E-state index in [1.165, 1.54) is 30.9 Å². The van der Waals surface area contributed by atoms with Gasteiger partial charge in [-0.15, -0.1) is 11.3 Å². The molecule has 3 aromatic rings. The molecule has 0 aliphatic rings. The highest BCUT2D eigenvalue weighted by Gasteiger charge is 2.19. The van der Waals surface area contributed by atoms with E-state index in [0.717, 1.165) is 12.1 Å². The number of methoxy groups -OCH3 is 1. The second-order valence-corrected chi connectivity index (χ2v) is 7.71. The van der Waals surface area contributed by atoms with Crippen molar-refractivity contribution in [3.63, 3.8) is 0 Å². The van der Waals surface area contributed by atoms with Crippen molar-refractivity contribution in [1.29, 1.82) is 0 Å². The molecule has 7 nitrogen and oxygen atoms in total. The molecule has 32 heavy (non-hydrogen) atoms. The summed E-state index contributed by atoms with van der Waals surface area (Å²) in [7, 11) is 1.51. The molecule has 3 rings (SSSR count). The Balaban J connectivity index is 1.70. The number of esters is 1. The zero-order valence-corrected chi connectivity index (χ0v) is 19.4. The zero-order valence-electron chi connectivity index (χ0n) is 18.6. The first-order valence-corrected chi connectivity index (χ1v) is 11.2. The number of nitrogens with zero attached hydrogens (tertiary/aromatic N) is 2. The Labute approximate surface area is 191 Å². The van der Waals surface area contributed by atoms with Crippen LogP contribution in [-0.4, -0.2) is 30.6 Å². The second-order valence-electron chi connectivity index (χ2n) is 6.87. The van der Waals surface area contributed by atoms with Gasteiger partial charge in [0, 0.05) is 12.3 Å². The number of hydrogen-bond donors (Lipinski definition) is 0. The van der Waals surface area contributed by atoms with Crippen LogP contribution < -0.4 is 14.4 Å². The van der Waals surface area contributed by atoms with E-state index in [2.05, 4.69) is 11.9 Å². The predicted octanol–water partition coefficient (Wildman–Crippen LogP) is 5.15. The Bertz CT molecular complexity index is 1080. The van der Waals surface area contributed by atoms with Crippen LogP contribution in [0.5, 0.6) is 11.5 Å². The van der Waals surface area contributed by atoms with E-state index >= 15 is 0 Å². The fraction of sp³-hybridized carbons (Fsp3) is 0.292. The lowest BCUT2D eigenvalue weighted by Gasteiger charge is -2.18. The van der Waals surface area contributed by atoms with E-state index in [4.69, 9.17) is 14.2 Å². The first-order chi connectivity index (χ1) is 15.5. The molecule has 0 radical (unpaired) electrons. The van der Waals surface area contributed by atoms with E-state index in [1.54, 1.807) is 28.5 Å². The Morgan fingerprint density at radius 3 is 2.44 bits per heavy atom. The summed E-state index contributed by atoms with van der Waals surface area (Å²) in [6, 6.07) is 12.7. The van der Waals surface area contributed by atoms with Crippen molar-refractivity contribution in [1.82, 2.24) is 4.98 Å². The maximum absolute atomic E-state index is 12.5. The number of thiazole rings is 1. The number of carbonyl (C=O) groups excluding carboxylic acids is 2. The summed E-state index contributed by atoms with van der Waals surface area (Å²) in [5.74, 6) is 0.378. The summed E-state index contributed by atoms with van der Waals surface area (Å²) in [5.41, 5.74) is 2.85. The normalized spacial score (nSPS) is 10.5. The number of aryl methyl sites for hydroxylation is 1. The quantitative estimate of drug-likeness (QED) is 0.416. The van der Waals surface area contributed by atoms with Crippen LogP contribution in [0.4, 0.5) is 10.8 Å². The molecule has 0 aliphatic heterocycles. The highest BCUT2D eigenvalue weighted by molar-refractivity contribution is 7.14. The molecule has 1 aromatic heterocycles. The third-order valence-corrected chi connectivity index (χ3v) is 5.57. The second kappa shape index (κ2) is 10.8. The monoisotopic (exact) mass is 454 g/mol. The minimum Gasteiger partial charge on any atom is -0.493 e. The molecule has 0 bridgehead atoms. The van der Waals surface area contributed by atoms with Crippen molar-refractivity contribution < 1.29 is 23.8 Å². The summed E-state index contributed by atoms with van der Waals surface area (Å²) in [6.45, 7) is 5.93. The van der Waals surface area contributed by atoms with Crippen LogP contribution in [-0.2, 0) is 22.6 Å². The SMILES string of the molecule is CCOc1ccc(C(=O)OCc2csc(N(C(C)=O)c3ccc(CC)cc3)n2)cc1OC. The Morgan fingerprint density at radius 2 is 1.81 bits per heavy atom. The van der Waals surface area contributed by atoms with Gasteiger partial charge in [-0.3, -0.25) is 9.69 Å². The lowest BCUT2D eigenvalue weighted by molar-refractivity contribution is -0.115. The number of hydrogen-bond acceptors (Lipinski definition) is 7. The van der Waals surface area contributed by atoms with E-state index in [0.29, 0.717) is 34.5 Å². The van der Waals surface area contributed by atoms with Gasteiger partial charge in [-0.05, 0) is 49.2 Å². The Kier molecular flexibility index (Phi) is 7.83. The summed E-state index contributed by atoms with van der Waals surface area (Å²) < 4.78 is 16.2. The molecule has 2 aromatic carbocycles. The average Bonchev–Trinajstić information content (AvgIpc) is 3.26. The average molecular weight is 455 g/mol. The number of rotatable bonds is 9. The fourth-order valence-electron chi connectivity index (χ4n) is 3.07. The molecule has 0 saturated heterocycles. The number of anilines is 2. The summed E-state index contributed by atoms with van der Waals surface area (Å²) in [6.07, 6.45) is 0.924. The van der Waals surface area contributed by atoms with Crippen LogP contribution in [0.1, 0.15) is 42.4 Å². The Hall–Kier alpha value is -3.39. The molecule has 0 aliphatic carbocycles. The molecule has 0 fully saturated rings. The molecule has 0 saturated carbocycles. The lowest BCUT2D eigenvalue weighted by Crippen LogP contribution is -2.22. The van der Waals surface area contributed by atoms with Crippen molar-refractivity contribution in [2.45, 2.75) is 33.8 Å². The fourth-order valence-corrected chi connectivity index (χ4v) is 3.94. The van der Waals surface area contributed by atoms with Crippen LogP contribution in [0.15, 0.2) is 47.8 Å². The molecule has 0 atom stereocenters. The molecular weight excluding hydrogens is 428 g/mol. The molecular formula is C24H26N2O5S. The third kappa shape index (κ3) is 5.45. The van der Waals surface area contributed by atoms with Crippen molar-refractivity contribution >= 4 is 34.0 Å². The zero-order chi connectivity index (χ0) is 23.1. The maximum Gasteiger partial charge on any atom is 0.338 e. The Morgan fingerprint density at radius 1 is 1.06 bits per heavy atom. The van der Waals surface area contributed by atoms with Crippen LogP contribution in [0.3, 0.4) is 0 Å². The van der Waals surface area contributed by atoms with Gasteiger partial charge in [-0.2, -0.15) is 0 Å². The van der Waals surface area contributed by atoms with Crippen molar-refractivity contribution in [2.24, 2.45) is 0 Å². The topological polar surface area (TPSA) is 78.0 Å². The largest absolute Gasteiger partial charge is 0.493 e. The van der Waals surface area contributed by atoms with Crippen LogP contribution >= 0.6 is 11.3 Å². The van der Waals surface area contributed by atoms with E-state index in [1.807, 2.05) is 31.2 Å². The molecule has 0 spiro atoms. The van der Waals surface area contributed by atoms with Gasteiger partial charge >= 0.3 is 5.97 Å². The van der Waals surface area contributed by atoms with Gasteiger partial charge in [0.2, 0.25) is 5.91 Å². The van der Waals surface area contributed by atoms with Gasteiger partial charge in [-0.25, -0.2) is 9.78 Å². The number of benzene rings is 2.